The van der Waals surface area contributed by atoms with Crippen molar-refractivity contribution in [2.45, 2.75) is 11.5 Å². The van der Waals surface area contributed by atoms with Gasteiger partial charge >= 0.3 is 0 Å². The maximum Gasteiger partial charge on any atom is 0.294 e. The Hall–Kier alpha value is -3.03. The van der Waals surface area contributed by atoms with Crippen LogP contribution in [0.4, 0.5) is 21.9 Å². The van der Waals surface area contributed by atoms with Crippen LogP contribution in [0, 0.1) is 6.92 Å². The Morgan fingerprint density at radius 2 is 1.57 bits per heavy atom. The Morgan fingerprint density at radius 1 is 0.933 bits per heavy atom. The van der Waals surface area contributed by atoms with Crippen LogP contribution < -0.4 is 10.2 Å². The molecule has 0 bridgehead atoms. The molecule has 0 saturated carbocycles. The zero-order valence-corrected chi connectivity index (χ0v) is 17.8. The van der Waals surface area contributed by atoms with E-state index in [-0.39, 0.29) is 11.1 Å². The second kappa shape index (κ2) is 9.19. The van der Waals surface area contributed by atoms with Crippen molar-refractivity contribution in [1.82, 2.24) is 0 Å². The molecule has 0 spiro atoms. The van der Waals surface area contributed by atoms with Crippen molar-refractivity contribution in [1.29, 1.82) is 0 Å². The van der Waals surface area contributed by atoms with Crippen LogP contribution in [0.15, 0.2) is 89.9 Å². The van der Waals surface area contributed by atoms with Crippen LogP contribution in [-0.2, 0) is 4.79 Å². The number of aliphatic imine (C=N–C) groups is 1. The molecule has 1 fully saturated rings. The highest BCUT2D eigenvalue weighted by Crippen LogP contribution is 2.38. The van der Waals surface area contributed by atoms with Gasteiger partial charge in [-0.3, -0.25) is 9.59 Å². The Morgan fingerprint density at radius 3 is 2.23 bits per heavy atom. The summed E-state index contributed by atoms with van der Waals surface area (Å²) in [5.41, 5.74) is 3.28. The molecule has 3 aromatic rings. The average molecular weight is 434 g/mol. The molecule has 1 aliphatic heterocycles. The van der Waals surface area contributed by atoms with Crippen molar-refractivity contribution in [3.8, 4) is 0 Å². The molecule has 3 aromatic carbocycles. The molecule has 2 amide bonds. The number of thioether (sulfide) groups is 2. The summed E-state index contributed by atoms with van der Waals surface area (Å²) in [6.45, 7) is 1.96. The van der Waals surface area contributed by atoms with Crippen LogP contribution in [0.2, 0.25) is 0 Å². The number of carbonyl (C=O) groups is 2. The zero-order chi connectivity index (χ0) is 20.9. The summed E-state index contributed by atoms with van der Waals surface area (Å²) in [4.78, 5) is 31.5. The second-order valence-electron chi connectivity index (χ2n) is 6.59. The van der Waals surface area contributed by atoms with E-state index in [1.165, 1.54) is 16.7 Å². The van der Waals surface area contributed by atoms with E-state index >= 15 is 0 Å². The Kier molecular flexibility index (Phi) is 6.21. The maximum atomic E-state index is 13.0. The molecule has 1 heterocycles. The van der Waals surface area contributed by atoms with Gasteiger partial charge in [-0.15, -0.1) is 0 Å². The lowest BCUT2D eigenvalue weighted by Crippen LogP contribution is -2.31. The number of aryl methyl sites for hydroxylation is 1. The van der Waals surface area contributed by atoms with Crippen molar-refractivity contribution in [2.24, 2.45) is 4.99 Å². The quantitative estimate of drug-likeness (QED) is 0.401. The predicted molar refractivity (Wildman–Crippen MR) is 127 cm³/mol. The number of amidine groups is 1. The summed E-state index contributed by atoms with van der Waals surface area (Å²) in [6, 6.07) is 26.5. The van der Waals surface area contributed by atoms with Crippen LogP contribution in [0.3, 0.4) is 0 Å². The largest absolute Gasteiger partial charge is 0.335 e. The Bertz CT molecular complexity index is 1070. The molecular weight excluding hydrogens is 414 g/mol. The lowest BCUT2D eigenvalue weighted by molar-refractivity contribution is -0.115. The first kappa shape index (κ1) is 20.3. The fourth-order valence-electron chi connectivity index (χ4n) is 2.84. The Balaban J connectivity index is 1.58. The van der Waals surface area contributed by atoms with Gasteiger partial charge in [-0.05, 0) is 55.1 Å². The Labute approximate surface area is 183 Å². The van der Waals surface area contributed by atoms with Crippen LogP contribution in [0.5, 0.6) is 0 Å². The molecule has 0 radical (unpaired) electrons. The standard InChI is InChI=1S/C23H19N3O2S2/c1-16-12-14-19(15-13-16)26-20(27)21(30-23(26)28)29-22(24-17-8-4-2-5-9-17)25-18-10-6-3-7-11-18/h2-15,21H,1H3,(H,24,25). The minimum Gasteiger partial charge on any atom is -0.335 e. The van der Waals surface area contributed by atoms with E-state index in [1.807, 2.05) is 79.7 Å². The fraction of sp³-hybridized carbons (Fsp3) is 0.0870. The van der Waals surface area contributed by atoms with Gasteiger partial charge < -0.3 is 5.32 Å². The average Bonchev–Trinajstić information content (AvgIpc) is 3.03. The van der Waals surface area contributed by atoms with Gasteiger partial charge in [-0.25, -0.2) is 9.89 Å². The molecule has 1 atom stereocenters. The van der Waals surface area contributed by atoms with E-state index in [4.69, 9.17) is 0 Å². The highest BCUT2D eigenvalue weighted by Gasteiger charge is 2.42. The maximum absolute atomic E-state index is 13.0. The van der Waals surface area contributed by atoms with E-state index in [0.29, 0.717) is 10.9 Å². The van der Waals surface area contributed by atoms with Gasteiger partial charge in [0.25, 0.3) is 11.1 Å². The lowest BCUT2D eigenvalue weighted by atomic mass is 10.2. The first-order chi connectivity index (χ1) is 14.6. The number of carbonyl (C=O) groups excluding carboxylic acids is 2. The third-order valence-electron chi connectivity index (χ3n) is 4.34. The van der Waals surface area contributed by atoms with Crippen molar-refractivity contribution < 1.29 is 9.59 Å². The van der Waals surface area contributed by atoms with Crippen LogP contribution in [0.1, 0.15) is 5.56 Å². The molecule has 0 aliphatic carbocycles. The van der Waals surface area contributed by atoms with Crippen LogP contribution in [0.25, 0.3) is 0 Å². The van der Waals surface area contributed by atoms with Crippen molar-refractivity contribution >= 4 is 56.9 Å². The topological polar surface area (TPSA) is 61.8 Å². The third kappa shape index (κ3) is 4.75. The molecule has 0 aromatic heterocycles. The molecule has 150 valence electrons. The van der Waals surface area contributed by atoms with Crippen LogP contribution in [-0.4, -0.2) is 20.9 Å². The van der Waals surface area contributed by atoms with Crippen LogP contribution >= 0.6 is 23.5 Å². The molecule has 4 rings (SSSR count). The van der Waals surface area contributed by atoms with Gasteiger partial charge in [0, 0.05) is 5.69 Å². The molecule has 5 nitrogen and oxygen atoms in total. The SMILES string of the molecule is Cc1ccc(N2C(=O)SC(SC(=Nc3ccccc3)Nc3ccccc3)C2=O)cc1. The summed E-state index contributed by atoms with van der Waals surface area (Å²) < 4.78 is -0.613. The number of para-hydroxylation sites is 2. The summed E-state index contributed by atoms with van der Waals surface area (Å²) >= 11 is 2.26. The van der Waals surface area contributed by atoms with E-state index < -0.39 is 4.58 Å². The normalized spacial score (nSPS) is 16.8. The number of benzene rings is 3. The number of hydrogen-bond donors (Lipinski definition) is 1. The number of amides is 2. The summed E-state index contributed by atoms with van der Waals surface area (Å²) in [5, 5.41) is 3.54. The van der Waals surface area contributed by atoms with Gasteiger partial charge in [0.05, 0.1) is 11.4 Å². The second-order valence-corrected chi connectivity index (χ2v) is 9.03. The van der Waals surface area contributed by atoms with Gasteiger partial charge in [-0.1, -0.05) is 65.9 Å². The molecule has 1 N–H and O–H groups in total. The number of imide groups is 1. The lowest BCUT2D eigenvalue weighted by Gasteiger charge is -2.15. The van der Waals surface area contributed by atoms with Crippen molar-refractivity contribution in [2.75, 3.05) is 10.2 Å². The van der Waals surface area contributed by atoms with E-state index in [2.05, 4.69) is 10.3 Å². The smallest absolute Gasteiger partial charge is 0.294 e. The first-order valence-electron chi connectivity index (χ1n) is 9.34. The monoisotopic (exact) mass is 433 g/mol. The zero-order valence-electron chi connectivity index (χ0n) is 16.2. The van der Waals surface area contributed by atoms with E-state index in [1.54, 1.807) is 12.1 Å². The molecule has 1 unspecified atom stereocenters. The van der Waals surface area contributed by atoms with E-state index in [9.17, 15) is 9.59 Å². The van der Waals surface area contributed by atoms with Gasteiger partial charge in [0.1, 0.15) is 4.58 Å². The fourth-order valence-corrected chi connectivity index (χ4v) is 4.99. The predicted octanol–water partition coefficient (Wildman–Crippen LogP) is 6.05. The summed E-state index contributed by atoms with van der Waals surface area (Å²) in [6.07, 6.45) is 0. The first-order valence-corrected chi connectivity index (χ1v) is 11.1. The third-order valence-corrected chi connectivity index (χ3v) is 6.54. The summed E-state index contributed by atoms with van der Waals surface area (Å²) in [5.74, 6) is -0.255. The minimum atomic E-state index is -0.613. The van der Waals surface area contributed by atoms with Crippen molar-refractivity contribution in [3.05, 3.63) is 90.5 Å². The molecule has 30 heavy (non-hydrogen) atoms. The highest BCUT2D eigenvalue weighted by atomic mass is 32.2. The molecular formula is C23H19N3O2S2. The number of rotatable bonds is 4. The van der Waals surface area contributed by atoms with E-state index in [0.717, 1.165) is 28.7 Å². The van der Waals surface area contributed by atoms with Crippen molar-refractivity contribution in [3.63, 3.8) is 0 Å². The highest BCUT2D eigenvalue weighted by molar-refractivity contribution is 8.31. The van der Waals surface area contributed by atoms with Gasteiger partial charge in [-0.2, -0.15) is 0 Å². The summed E-state index contributed by atoms with van der Waals surface area (Å²) in [7, 11) is 0. The number of anilines is 2. The minimum absolute atomic E-state index is 0.255. The number of nitrogens with one attached hydrogen (secondary N) is 1. The molecule has 1 aliphatic rings. The number of hydrogen-bond acceptors (Lipinski definition) is 5. The molecule has 7 heteroatoms. The van der Waals surface area contributed by atoms with Gasteiger partial charge in [0.15, 0.2) is 5.17 Å². The van der Waals surface area contributed by atoms with Gasteiger partial charge in [0.2, 0.25) is 0 Å². The number of nitrogens with zero attached hydrogens (tertiary/aromatic N) is 2. The molecule has 1 saturated heterocycles.